The third kappa shape index (κ3) is 3.70. The Hall–Kier alpha value is -1.52. The van der Waals surface area contributed by atoms with Crippen LogP contribution in [0.1, 0.15) is 31.2 Å². The Bertz CT molecular complexity index is 659. The molecule has 1 fully saturated rings. The number of likely N-dealkylation sites (tertiary alicyclic amines) is 1. The molecule has 1 aromatic heterocycles. The summed E-state index contributed by atoms with van der Waals surface area (Å²) in [5.41, 5.74) is 4.19. The standard InChI is InChI=1S/C19H28N4/c1-14-19(21-18-8-6-5-7-17(18)20-14)13-23-11-9-16(10-12-23)15(2)22(3)4/h5-8,15-16H,9-13H2,1-4H3. The number of fused-ring (bicyclic) bond motifs is 1. The minimum atomic E-state index is 0.666. The van der Waals surface area contributed by atoms with Crippen molar-refractivity contribution in [1.82, 2.24) is 19.8 Å². The van der Waals surface area contributed by atoms with Crippen LogP contribution in [0.4, 0.5) is 0 Å². The quantitative estimate of drug-likeness (QED) is 0.868. The van der Waals surface area contributed by atoms with Crippen LogP contribution in [0.15, 0.2) is 24.3 Å². The van der Waals surface area contributed by atoms with Crippen molar-refractivity contribution in [3.63, 3.8) is 0 Å². The molecular weight excluding hydrogens is 284 g/mol. The smallest absolute Gasteiger partial charge is 0.0890 e. The second-order valence-corrected chi connectivity index (χ2v) is 7.06. The molecule has 124 valence electrons. The van der Waals surface area contributed by atoms with Gasteiger partial charge in [0.15, 0.2) is 0 Å². The first-order chi connectivity index (χ1) is 11.0. The van der Waals surface area contributed by atoms with E-state index >= 15 is 0 Å². The lowest BCUT2D eigenvalue weighted by atomic mass is 9.89. The monoisotopic (exact) mass is 312 g/mol. The van der Waals surface area contributed by atoms with Crippen molar-refractivity contribution < 1.29 is 0 Å². The number of rotatable bonds is 4. The Kier molecular flexibility index (Phi) is 4.93. The number of benzene rings is 1. The summed E-state index contributed by atoms with van der Waals surface area (Å²) >= 11 is 0. The summed E-state index contributed by atoms with van der Waals surface area (Å²) in [5.74, 6) is 0.810. The Morgan fingerprint density at radius 2 is 1.74 bits per heavy atom. The molecule has 0 amide bonds. The number of aromatic nitrogens is 2. The van der Waals surface area contributed by atoms with Crippen LogP contribution in [-0.2, 0) is 6.54 Å². The van der Waals surface area contributed by atoms with Crippen molar-refractivity contribution in [2.75, 3.05) is 27.2 Å². The van der Waals surface area contributed by atoms with E-state index in [1.807, 2.05) is 18.2 Å². The van der Waals surface area contributed by atoms with E-state index in [4.69, 9.17) is 9.97 Å². The van der Waals surface area contributed by atoms with Gasteiger partial charge in [0, 0.05) is 12.6 Å². The van der Waals surface area contributed by atoms with E-state index in [1.165, 1.54) is 12.8 Å². The third-order valence-electron chi connectivity index (χ3n) is 5.35. The topological polar surface area (TPSA) is 32.3 Å². The van der Waals surface area contributed by atoms with Gasteiger partial charge in [0.1, 0.15) is 0 Å². The fourth-order valence-electron chi connectivity index (χ4n) is 3.50. The van der Waals surface area contributed by atoms with Crippen molar-refractivity contribution in [3.8, 4) is 0 Å². The number of aryl methyl sites for hydroxylation is 1. The average molecular weight is 312 g/mol. The van der Waals surface area contributed by atoms with Crippen molar-refractivity contribution in [2.24, 2.45) is 5.92 Å². The summed E-state index contributed by atoms with van der Waals surface area (Å²) in [7, 11) is 4.37. The van der Waals surface area contributed by atoms with E-state index < -0.39 is 0 Å². The first-order valence-corrected chi connectivity index (χ1v) is 8.65. The highest BCUT2D eigenvalue weighted by Gasteiger charge is 2.25. The maximum atomic E-state index is 4.84. The van der Waals surface area contributed by atoms with Crippen molar-refractivity contribution in [2.45, 2.75) is 39.3 Å². The van der Waals surface area contributed by atoms with Crippen LogP contribution >= 0.6 is 0 Å². The van der Waals surface area contributed by atoms with Gasteiger partial charge < -0.3 is 4.90 Å². The van der Waals surface area contributed by atoms with Crippen LogP contribution in [-0.4, -0.2) is 53.0 Å². The Morgan fingerprint density at radius 1 is 1.13 bits per heavy atom. The largest absolute Gasteiger partial charge is 0.306 e. The number of piperidine rings is 1. The van der Waals surface area contributed by atoms with E-state index in [2.05, 4.69) is 43.8 Å². The molecule has 3 rings (SSSR count). The Balaban J connectivity index is 1.66. The average Bonchev–Trinajstić information content (AvgIpc) is 2.55. The zero-order chi connectivity index (χ0) is 16.4. The Morgan fingerprint density at radius 3 is 2.35 bits per heavy atom. The van der Waals surface area contributed by atoms with Crippen LogP contribution in [0.25, 0.3) is 11.0 Å². The first-order valence-electron chi connectivity index (χ1n) is 8.65. The van der Waals surface area contributed by atoms with Gasteiger partial charge in [0.05, 0.1) is 22.4 Å². The van der Waals surface area contributed by atoms with Crippen LogP contribution in [0.2, 0.25) is 0 Å². The molecule has 4 nitrogen and oxygen atoms in total. The molecule has 1 atom stereocenters. The molecule has 0 N–H and O–H groups in total. The number of hydrogen-bond donors (Lipinski definition) is 0. The normalized spacial score (nSPS) is 18.7. The third-order valence-corrected chi connectivity index (χ3v) is 5.35. The summed E-state index contributed by atoms with van der Waals surface area (Å²) in [5, 5.41) is 0. The molecule has 1 saturated heterocycles. The molecule has 1 aliphatic rings. The highest BCUT2D eigenvalue weighted by molar-refractivity contribution is 5.74. The van der Waals surface area contributed by atoms with E-state index in [9.17, 15) is 0 Å². The van der Waals surface area contributed by atoms with Crippen LogP contribution in [0.3, 0.4) is 0 Å². The predicted octanol–water partition coefficient (Wildman–Crippen LogP) is 3.10. The molecule has 1 aliphatic heterocycles. The Labute approximate surface area is 139 Å². The van der Waals surface area contributed by atoms with Crippen LogP contribution < -0.4 is 0 Å². The maximum Gasteiger partial charge on any atom is 0.0890 e. The molecule has 2 heterocycles. The van der Waals surface area contributed by atoms with Crippen molar-refractivity contribution in [1.29, 1.82) is 0 Å². The molecule has 0 aliphatic carbocycles. The van der Waals surface area contributed by atoms with Gasteiger partial charge in [-0.3, -0.25) is 4.90 Å². The second-order valence-electron chi connectivity index (χ2n) is 7.06. The van der Waals surface area contributed by atoms with Gasteiger partial charge >= 0.3 is 0 Å². The molecule has 1 unspecified atom stereocenters. The first kappa shape index (κ1) is 16.3. The molecule has 4 heteroatoms. The van der Waals surface area contributed by atoms with Crippen molar-refractivity contribution >= 4 is 11.0 Å². The number of para-hydroxylation sites is 2. The van der Waals surface area contributed by atoms with Gasteiger partial charge in [-0.15, -0.1) is 0 Å². The highest BCUT2D eigenvalue weighted by atomic mass is 15.2. The van der Waals surface area contributed by atoms with Crippen LogP contribution in [0.5, 0.6) is 0 Å². The summed E-state index contributed by atoms with van der Waals surface area (Å²) in [6, 6.07) is 8.81. The zero-order valence-corrected chi connectivity index (χ0v) is 14.8. The van der Waals surface area contributed by atoms with Gasteiger partial charge in [-0.2, -0.15) is 0 Å². The molecule has 0 bridgehead atoms. The fraction of sp³-hybridized carbons (Fsp3) is 0.579. The minimum Gasteiger partial charge on any atom is -0.306 e. The second kappa shape index (κ2) is 6.93. The molecule has 23 heavy (non-hydrogen) atoms. The van der Waals surface area contributed by atoms with E-state index in [1.54, 1.807) is 0 Å². The fourth-order valence-corrected chi connectivity index (χ4v) is 3.50. The highest BCUT2D eigenvalue weighted by Crippen LogP contribution is 2.24. The van der Waals surface area contributed by atoms with E-state index in [-0.39, 0.29) is 0 Å². The SMILES string of the molecule is Cc1nc2ccccc2nc1CN1CCC(C(C)N(C)C)CC1. The molecule has 2 aromatic rings. The van der Waals surface area contributed by atoms with Gasteiger partial charge in [-0.1, -0.05) is 12.1 Å². The summed E-state index contributed by atoms with van der Waals surface area (Å²) in [6.07, 6.45) is 2.55. The minimum absolute atomic E-state index is 0.666. The zero-order valence-electron chi connectivity index (χ0n) is 14.8. The van der Waals surface area contributed by atoms with Gasteiger partial charge in [-0.25, -0.2) is 9.97 Å². The summed E-state index contributed by atoms with van der Waals surface area (Å²) < 4.78 is 0. The van der Waals surface area contributed by atoms with E-state index in [0.29, 0.717) is 6.04 Å². The summed E-state index contributed by atoms with van der Waals surface area (Å²) in [6.45, 7) is 7.68. The molecule has 0 radical (unpaired) electrons. The van der Waals surface area contributed by atoms with Gasteiger partial charge in [-0.05, 0) is 71.9 Å². The van der Waals surface area contributed by atoms with Crippen LogP contribution in [0, 0.1) is 12.8 Å². The number of hydrogen-bond acceptors (Lipinski definition) is 4. The van der Waals surface area contributed by atoms with E-state index in [0.717, 1.165) is 48.0 Å². The van der Waals surface area contributed by atoms with Gasteiger partial charge in [0.2, 0.25) is 0 Å². The predicted molar refractivity (Wildman–Crippen MR) is 95.4 cm³/mol. The lowest BCUT2D eigenvalue weighted by molar-refractivity contribution is 0.120. The lowest BCUT2D eigenvalue weighted by Gasteiger charge is -2.37. The number of nitrogens with zero attached hydrogens (tertiary/aromatic N) is 4. The maximum absolute atomic E-state index is 4.84. The van der Waals surface area contributed by atoms with Gasteiger partial charge in [0.25, 0.3) is 0 Å². The molecule has 0 spiro atoms. The molecule has 1 aromatic carbocycles. The molecule has 0 saturated carbocycles. The molecular formula is C19H28N4. The lowest BCUT2D eigenvalue weighted by Crippen LogP contribution is -2.41. The summed E-state index contributed by atoms with van der Waals surface area (Å²) in [4.78, 5) is 14.4. The van der Waals surface area contributed by atoms with Crippen molar-refractivity contribution in [3.05, 3.63) is 35.7 Å².